The molecule has 0 heterocycles. The van der Waals surface area contributed by atoms with Gasteiger partial charge < -0.3 is 5.73 Å². The van der Waals surface area contributed by atoms with Gasteiger partial charge in [0.05, 0.1) is 0 Å². The number of hydrogen-bond donors (Lipinski definition) is 2. The first-order chi connectivity index (χ1) is 9.72. The lowest BCUT2D eigenvalue weighted by Crippen LogP contribution is -2.46. The van der Waals surface area contributed by atoms with E-state index in [9.17, 15) is 8.42 Å². The molecule has 0 spiro atoms. The lowest BCUT2D eigenvalue weighted by Gasteiger charge is -2.25. The van der Waals surface area contributed by atoms with E-state index in [1.165, 1.54) is 0 Å². The quantitative estimate of drug-likeness (QED) is 0.597. The minimum Gasteiger partial charge on any atom is -0.326 e. The Kier molecular flexibility index (Phi) is 10.1. The van der Waals surface area contributed by atoms with Crippen LogP contribution in [-0.2, 0) is 10.2 Å². The zero-order valence-electron chi connectivity index (χ0n) is 14.4. The Labute approximate surface area is 143 Å². The van der Waals surface area contributed by atoms with Crippen molar-refractivity contribution in [2.75, 3.05) is 19.6 Å². The smallest absolute Gasteiger partial charge is 0.279 e. The molecule has 7 heteroatoms. The minimum atomic E-state index is -3.41. The normalized spacial score (nSPS) is 17.1. The molecule has 1 unspecified atom stereocenters. The summed E-state index contributed by atoms with van der Waals surface area (Å²) < 4.78 is 29.2. The summed E-state index contributed by atoms with van der Waals surface area (Å²) >= 11 is 0. The summed E-state index contributed by atoms with van der Waals surface area (Å²) in [4.78, 5) is 0. The first-order valence-electron chi connectivity index (χ1n) is 8.22. The van der Waals surface area contributed by atoms with E-state index in [4.69, 9.17) is 5.73 Å². The molecule has 1 aliphatic carbocycles. The van der Waals surface area contributed by atoms with Crippen molar-refractivity contribution in [1.29, 1.82) is 0 Å². The molecule has 1 atom stereocenters. The van der Waals surface area contributed by atoms with Gasteiger partial charge in [0, 0.05) is 25.7 Å². The van der Waals surface area contributed by atoms with Gasteiger partial charge in [0.15, 0.2) is 0 Å². The van der Waals surface area contributed by atoms with Crippen LogP contribution in [-0.4, -0.2) is 38.4 Å². The Balaban J connectivity index is 0.00000441. The molecule has 0 amide bonds. The van der Waals surface area contributed by atoms with Crippen molar-refractivity contribution >= 4 is 22.6 Å². The molecule has 0 aromatic rings. The predicted octanol–water partition coefficient (Wildman–Crippen LogP) is 2.37. The highest BCUT2D eigenvalue weighted by Gasteiger charge is 2.30. The summed E-state index contributed by atoms with van der Waals surface area (Å²) in [5, 5.41) is 0. The van der Waals surface area contributed by atoms with Gasteiger partial charge in [0.1, 0.15) is 0 Å². The van der Waals surface area contributed by atoms with E-state index >= 15 is 0 Å². The van der Waals surface area contributed by atoms with Crippen LogP contribution in [0.25, 0.3) is 0 Å². The third kappa shape index (κ3) is 8.67. The number of nitrogens with zero attached hydrogens (tertiary/aromatic N) is 1. The highest BCUT2D eigenvalue weighted by atomic mass is 35.5. The zero-order valence-corrected chi connectivity index (χ0v) is 16.0. The summed E-state index contributed by atoms with van der Waals surface area (Å²) in [5.41, 5.74) is 5.99. The SMILES string of the molecule is CC(C)CCN(CCC(C)C)S(=O)(=O)NCC(N)C1CC1.Cl. The van der Waals surface area contributed by atoms with Gasteiger partial charge in [0.2, 0.25) is 0 Å². The summed E-state index contributed by atoms with van der Waals surface area (Å²) in [5.74, 6) is 1.50. The average Bonchev–Trinajstić information content (AvgIpc) is 3.19. The average molecular weight is 356 g/mol. The van der Waals surface area contributed by atoms with Crippen LogP contribution in [0, 0.1) is 17.8 Å². The predicted molar refractivity (Wildman–Crippen MR) is 95.4 cm³/mol. The van der Waals surface area contributed by atoms with E-state index in [0.29, 0.717) is 37.4 Å². The zero-order chi connectivity index (χ0) is 16.0. The lowest BCUT2D eigenvalue weighted by molar-refractivity contribution is 0.351. The molecule has 0 radical (unpaired) electrons. The first-order valence-corrected chi connectivity index (χ1v) is 9.66. The monoisotopic (exact) mass is 355 g/mol. The Bertz CT molecular complexity index is 386. The summed E-state index contributed by atoms with van der Waals surface area (Å²) in [7, 11) is -3.41. The molecule has 0 aromatic carbocycles. The van der Waals surface area contributed by atoms with Crippen molar-refractivity contribution < 1.29 is 8.42 Å². The summed E-state index contributed by atoms with van der Waals surface area (Å²) in [6, 6.07) is -0.0446. The Morgan fingerprint density at radius 3 is 1.91 bits per heavy atom. The van der Waals surface area contributed by atoms with Crippen molar-refractivity contribution in [1.82, 2.24) is 9.03 Å². The molecular weight excluding hydrogens is 322 g/mol. The lowest BCUT2D eigenvalue weighted by atomic mass is 10.1. The van der Waals surface area contributed by atoms with Gasteiger partial charge in [-0.3, -0.25) is 0 Å². The molecule has 1 saturated carbocycles. The van der Waals surface area contributed by atoms with Gasteiger partial charge in [-0.2, -0.15) is 12.7 Å². The molecule has 0 aromatic heterocycles. The molecule has 0 aliphatic heterocycles. The van der Waals surface area contributed by atoms with Crippen LogP contribution in [0.3, 0.4) is 0 Å². The maximum Gasteiger partial charge on any atom is 0.279 e. The van der Waals surface area contributed by atoms with Crippen LogP contribution in [0.4, 0.5) is 0 Å². The van der Waals surface area contributed by atoms with Crippen molar-refractivity contribution in [3.05, 3.63) is 0 Å². The molecule has 1 rings (SSSR count). The Hall–Kier alpha value is 0.120. The highest BCUT2D eigenvalue weighted by molar-refractivity contribution is 7.87. The number of nitrogens with two attached hydrogens (primary N) is 1. The molecule has 1 aliphatic rings. The van der Waals surface area contributed by atoms with Gasteiger partial charge in [-0.15, -0.1) is 12.4 Å². The summed E-state index contributed by atoms with van der Waals surface area (Å²) in [6.45, 7) is 9.98. The molecule has 134 valence electrons. The number of halogens is 1. The van der Waals surface area contributed by atoms with E-state index in [-0.39, 0.29) is 18.4 Å². The second kappa shape index (κ2) is 10.1. The van der Waals surface area contributed by atoms with Gasteiger partial charge in [-0.25, -0.2) is 4.72 Å². The number of hydrogen-bond acceptors (Lipinski definition) is 3. The van der Waals surface area contributed by atoms with Gasteiger partial charge in [0.25, 0.3) is 10.2 Å². The molecule has 0 bridgehead atoms. The number of nitrogens with one attached hydrogen (secondary N) is 1. The van der Waals surface area contributed by atoms with Crippen LogP contribution in [0.1, 0.15) is 53.4 Å². The topological polar surface area (TPSA) is 75.4 Å². The van der Waals surface area contributed by atoms with Crippen LogP contribution in [0.5, 0.6) is 0 Å². The molecule has 3 N–H and O–H groups in total. The third-order valence-electron chi connectivity index (χ3n) is 3.98. The Morgan fingerprint density at radius 2 is 1.55 bits per heavy atom. The second-order valence-electron chi connectivity index (χ2n) is 7.12. The van der Waals surface area contributed by atoms with Gasteiger partial charge in [-0.1, -0.05) is 27.7 Å². The fourth-order valence-corrected chi connectivity index (χ4v) is 3.42. The first kappa shape index (κ1) is 22.1. The van der Waals surface area contributed by atoms with Crippen LogP contribution in [0.15, 0.2) is 0 Å². The largest absolute Gasteiger partial charge is 0.326 e. The van der Waals surface area contributed by atoms with Crippen LogP contribution in [0.2, 0.25) is 0 Å². The van der Waals surface area contributed by atoms with E-state index in [2.05, 4.69) is 32.4 Å². The minimum absolute atomic E-state index is 0. The van der Waals surface area contributed by atoms with Crippen molar-refractivity contribution in [2.45, 2.75) is 59.4 Å². The standard InChI is InChI=1S/C15H33N3O2S.ClH/c1-12(2)7-9-18(10-8-13(3)4)21(19,20)17-11-15(16)14-5-6-14;/h12-15,17H,5-11,16H2,1-4H3;1H. The second-order valence-corrected chi connectivity index (χ2v) is 8.87. The third-order valence-corrected chi connectivity index (χ3v) is 5.56. The number of rotatable bonds is 11. The molecule has 5 nitrogen and oxygen atoms in total. The fraction of sp³-hybridized carbons (Fsp3) is 1.00. The van der Waals surface area contributed by atoms with Gasteiger partial charge in [-0.05, 0) is 43.4 Å². The fourth-order valence-electron chi connectivity index (χ4n) is 2.14. The van der Waals surface area contributed by atoms with Crippen molar-refractivity contribution in [3.63, 3.8) is 0 Å². The van der Waals surface area contributed by atoms with E-state index in [0.717, 1.165) is 25.7 Å². The maximum atomic E-state index is 12.5. The molecular formula is C15H34ClN3O2S. The van der Waals surface area contributed by atoms with E-state index in [1.807, 2.05) is 0 Å². The maximum absolute atomic E-state index is 12.5. The van der Waals surface area contributed by atoms with Gasteiger partial charge >= 0.3 is 0 Å². The Morgan fingerprint density at radius 1 is 1.09 bits per heavy atom. The van der Waals surface area contributed by atoms with Crippen LogP contribution < -0.4 is 10.5 Å². The molecule has 1 fully saturated rings. The molecule has 0 saturated heterocycles. The van der Waals surface area contributed by atoms with E-state index in [1.54, 1.807) is 4.31 Å². The van der Waals surface area contributed by atoms with Crippen molar-refractivity contribution in [3.8, 4) is 0 Å². The van der Waals surface area contributed by atoms with Crippen LogP contribution >= 0.6 is 12.4 Å². The molecule has 22 heavy (non-hydrogen) atoms. The summed E-state index contributed by atoms with van der Waals surface area (Å²) in [6.07, 6.45) is 4.03. The van der Waals surface area contributed by atoms with E-state index < -0.39 is 10.2 Å². The van der Waals surface area contributed by atoms with Crippen molar-refractivity contribution in [2.24, 2.45) is 23.5 Å². The highest BCUT2D eigenvalue weighted by Crippen LogP contribution is 2.31.